The maximum absolute atomic E-state index is 3.41. The average Bonchev–Trinajstić information content (AvgIpc) is 1.72. The Morgan fingerprint density at radius 2 is 1.83 bits per heavy atom. The van der Waals surface area contributed by atoms with Crippen LogP contribution < -0.4 is 5.32 Å². The number of rotatable bonds is 0. The molecule has 1 heterocycles. The van der Waals surface area contributed by atoms with Crippen LogP contribution in [0.15, 0.2) is 0 Å². The van der Waals surface area contributed by atoms with Crippen molar-refractivity contribution in [2.45, 2.75) is 5.67 Å². The van der Waals surface area contributed by atoms with Gasteiger partial charge >= 0.3 is 0 Å². The van der Waals surface area contributed by atoms with Gasteiger partial charge in [-0.1, -0.05) is 5.67 Å². The maximum Gasteiger partial charge on any atom is 0.0334 e. The SMILES string of the molecule is C1NC[SiH2]C[SiH2]1. The first-order valence-electron chi connectivity index (χ1n) is 2.71. The lowest BCUT2D eigenvalue weighted by Gasteiger charge is -2.07. The summed E-state index contributed by atoms with van der Waals surface area (Å²) in [6, 6.07) is 0. The second-order valence-corrected chi connectivity index (χ2v) is 7.05. The van der Waals surface area contributed by atoms with Crippen molar-refractivity contribution in [1.29, 1.82) is 0 Å². The molecule has 1 rings (SSSR count). The summed E-state index contributed by atoms with van der Waals surface area (Å²) in [7, 11) is 0.918. The van der Waals surface area contributed by atoms with Gasteiger partial charge in [0.15, 0.2) is 0 Å². The molecular weight excluding hydrogens is 106 g/mol. The van der Waals surface area contributed by atoms with Crippen LogP contribution in [0.2, 0.25) is 5.67 Å². The van der Waals surface area contributed by atoms with E-state index in [1.807, 2.05) is 0 Å². The summed E-state index contributed by atoms with van der Waals surface area (Å²) in [5.41, 5.74) is 1.72. The van der Waals surface area contributed by atoms with Crippen LogP contribution in [0.5, 0.6) is 0 Å². The van der Waals surface area contributed by atoms with Crippen LogP contribution in [0, 0.1) is 0 Å². The highest BCUT2D eigenvalue weighted by Crippen LogP contribution is 1.77. The Labute approximate surface area is 43.2 Å². The molecule has 1 fully saturated rings. The van der Waals surface area contributed by atoms with E-state index in [-0.39, 0.29) is 0 Å². The van der Waals surface area contributed by atoms with E-state index in [0.717, 1.165) is 0 Å². The highest BCUT2D eigenvalue weighted by molar-refractivity contribution is 6.57. The first-order valence-corrected chi connectivity index (χ1v) is 6.71. The van der Waals surface area contributed by atoms with E-state index in [9.17, 15) is 0 Å². The summed E-state index contributed by atoms with van der Waals surface area (Å²) in [6.45, 7) is 0. The predicted octanol–water partition coefficient (Wildman–Crippen LogP) is -1.78. The van der Waals surface area contributed by atoms with Crippen LogP contribution in [-0.4, -0.2) is 31.4 Å². The van der Waals surface area contributed by atoms with Crippen molar-refractivity contribution in [3.8, 4) is 0 Å². The summed E-state index contributed by atoms with van der Waals surface area (Å²) in [5.74, 6) is 0. The summed E-state index contributed by atoms with van der Waals surface area (Å²) in [6.07, 6.45) is 2.85. The fourth-order valence-corrected chi connectivity index (χ4v) is 5.72. The van der Waals surface area contributed by atoms with E-state index in [2.05, 4.69) is 5.32 Å². The van der Waals surface area contributed by atoms with Crippen molar-refractivity contribution >= 4 is 19.0 Å². The lowest BCUT2D eigenvalue weighted by Crippen LogP contribution is -2.32. The monoisotopic (exact) mass is 117 g/mol. The van der Waals surface area contributed by atoms with Crippen molar-refractivity contribution in [3.05, 3.63) is 0 Å². The third-order valence-corrected chi connectivity index (χ3v) is 6.62. The van der Waals surface area contributed by atoms with E-state index in [4.69, 9.17) is 0 Å². The minimum atomic E-state index is 0.459. The van der Waals surface area contributed by atoms with Crippen LogP contribution in [-0.2, 0) is 0 Å². The topological polar surface area (TPSA) is 12.0 Å². The predicted molar refractivity (Wildman–Crippen MR) is 34.8 cm³/mol. The van der Waals surface area contributed by atoms with Crippen LogP contribution in [0.1, 0.15) is 0 Å². The third kappa shape index (κ3) is 1.24. The van der Waals surface area contributed by atoms with Gasteiger partial charge in [0, 0.05) is 19.0 Å². The van der Waals surface area contributed by atoms with Crippen molar-refractivity contribution in [1.82, 2.24) is 5.32 Å². The molecule has 1 aliphatic rings. The van der Waals surface area contributed by atoms with Crippen LogP contribution >= 0.6 is 0 Å². The Hall–Kier alpha value is 0.394. The molecule has 0 aliphatic carbocycles. The molecule has 1 saturated heterocycles. The summed E-state index contributed by atoms with van der Waals surface area (Å²) < 4.78 is 0. The van der Waals surface area contributed by atoms with Crippen LogP contribution in [0.4, 0.5) is 0 Å². The van der Waals surface area contributed by atoms with Gasteiger partial charge < -0.3 is 5.32 Å². The van der Waals surface area contributed by atoms with Gasteiger partial charge in [0.25, 0.3) is 0 Å². The standard InChI is InChI=1S/C3H11NSi2/c1-4-2-6-3-5-1/h4H,1-3,5-6H2. The molecule has 1 N–H and O–H groups in total. The molecule has 0 aromatic rings. The molecule has 36 valence electrons. The van der Waals surface area contributed by atoms with E-state index < -0.39 is 0 Å². The third-order valence-electron chi connectivity index (χ3n) is 1.21. The Kier molecular flexibility index (Phi) is 1.93. The van der Waals surface area contributed by atoms with Crippen LogP contribution in [0.25, 0.3) is 0 Å². The van der Waals surface area contributed by atoms with Crippen molar-refractivity contribution in [2.75, 3.05) is 12.3 Å². The molecule has 0 amide bonds. The second kappa shape index (κ2) is 2.55. The van der Waals surface area contributed by atoms with Crippen molar-refractivity contribution < 1.29 is 0 Å². The van der Waals surface area contributed by atoms with E-state index >= 15 is 0 Å². The maximum atomic E-state index is 3.41. The Bertz CT molecular complexity index is 24.3. The van der Waals surface area contributed by atoms with Gasteiger partial charge in [-0.15, -0.1) is 0 Å². The molecule has 0 radical (unpaired) electrons. The molecule has 1 nitrogen and oxygen atoms in total. The summed E-state index contributed by atoms with van der Waals surface area (Å²) in [4.78, 5) is 0. The van der Waals surface area contributed by atoms with Crippen molar-refractivity contribution in [2.24, 2.45) is 0 Å². The first-order chi connectivity index (χ1) is 3.00. The Morgan fingerprint density at radius 3 is 2.00 bits per heavy atom. The van der Waals surface area contributed by atoms with Gasteiger partial charge in [0.05, 0.1) is 0 Å². The van der Waals surface area contributed by atoms with E-state index in [0.29, 0.717) is 19.0 Å². The molecular formula is C3H11NSi2. The lowest BCUT2D eigenvalue weighted by atomic mass is 11.2. The van der Waals surface area contributed by atoms with E-state index in [1.165, 1.54) is 12.3 Å². The molecule has 0 bridgehead atoms. The summed E-state index contributed by atoms with van der Waals surface area (Å²) >= 11 is 0. The first kappa shape index (κ1) is 4.55. The Morgan fingerprint density at radius 1 is 1.17 bits per heavy atom. The minimum absolute atomic E-state index is 0.459. The Balaban J connectivity index is 2.00. The molecule has 1 aliphatic heterocycles. The number of hydrogen-bond acceptors (Lipinski definition) is 1. The van der Waals surface area contributed by atoms with E-state index in [1.54, 1.807) is 5.67 Å². The fourth-order valence-electron chi connectivity index (χ4n) is 0.802. The zero-order valence-corrected chi connectivity index (χ0v) is 6.86. The highest BCUT2D eigenvalue weighted by atomic mass is 28.3. The molecule has 0 aromatic heterocycles. The summed E-state index contributed by atoms with van der Waals surface area (Å²) in [5, 5.41) is 3.41. The molecule has 6 heavy (non-hydrogen) atoms. The molecule has 3 heteroatoms. The second-order valence-electron chi connectivity index (χ2n) is 1.81. The van der Waals surface area contributed by atoms with Gasteiger partial charge in [0.2, 0.25) is 0 Å². The minimum Gasteiger partial charge on any atom is -0.324 e. The van der Waals surface area contributed by atoms with Crippen molar-refractivity contribution in [3.63, 3.8) is 0 Å². The normalized spacial score (nSPS) is 32.0. The fraction of sp³-hybridized carbons (Fsp3) is 1.00. The van der Waals surface area contributed by atoms with Gasteiger partial charge in [-0.2, -0.15) is 0 Å². The molecule has 0 aromatic carbocycles. The number of hydrogen-bond donors (Lipinski definition) is 1. The molecule has 0 unspecified atom stereocenters. The molecule has 0 saturated carbocycles. The van der Waals surface area contributed by atoms with Gasteiger partial charge in [-0.05, 0) is 12.3 Å². The highest BCUT2D eigenvalue weighted by Gasteiger charge is 1.95. The quantitative estimate of drug-likeness (QED) is 0.370. The number of nitrogens with one attached hydrogen (secondary N) is 1. The van der Waals surface area contributed by atoms with Gasteiger partial charge in [-0.25, -0.2) is 0 Å². The smallest absolute Gasteiger partial charge is 0.0334 e. The average molecular weight is 117 g/mol. The largest absolute Gasteiger partial charge is 0.324 e. The zero-order chi connectivity index (χ0) is 4.24. The lowest BCUT2D eigenvalue weighted by molar-refractivity contribution is 0.907. The zero-order valence-electron chi connectivity index (χ0n) is 4.04. The van der Waals surface area contributed by atoms with Crippen LogP contribution in [0.3, 0.4) is 0 Å². The van der Waals surface area contributed by atoms with Gasteiger partial charge in [-0.3, -0.25) is 0 Å². The molecule has 0 atom stereocenters. The molecule has 0 spiro atoms. The van der Waals surface area contributed by atoms with Gasteiger partial charge in [0.1, 0.15) is 0 Å².